The molecule has 0 aliphatic rings. The summed E-state index contributed by atoms with van der Waals surface area (Å²) in [5, 5.41) is 9.89. The minimum absolute atomic E-state index is 0.231. The SMILES string of the molecule is CO[C@H](c1ncc(Cl)cn1)[C@H](C)S(=O)(=O)Cc1nnc(-c2cccc(C)n2)n1[C@@H](C)c1cscn1. The number of rotatable bonds is 9. The van der Waals surface area contributed by atoms with Crippen LogP contribution in [0.5, 0.6) is 0 Å². The first-order valence-corrected chi connectivity index (χ1v) is 13.7. The summed E-state index contributed by atoms with van der Waals surface area (Å²) in [4.78, 5) is 17.3. The minimum Gasteiger partial charge on any atom is -0.372 e. The number of aryl methyl sites for hydroxylation is 1. The summed E-state index contributed by atoms with van der Waals surface area (Å²) in [5.41, 5.74) is 3.92. The molecule has 4 rings (SSSR count). The molecular formula is C22H24ClN7O3S2. The van der Waals surface area contributed by atoms with E-state index in [2.05, 4.69) is 30.1 Å². The van der Waals surface area contributed by atoms with Crippen LogP contribution in [0.25, 0.3) is 11.5 Å². The molecule has 10 nitrogen and oxygen atoms in total. The molecule has 0 aliphatic carbocycles. The average molecular weight is 534 g/mol. The van der Waals surface area contributed by atoms with Crippen molar-refractivity contribution in [1.29, 1.82) is 0 Å². The van der Waals surface area contributed by atoms with Gasteiger partial charge in [-0.1, -0.05) is 17.7 Å². The van der Waals surface area contributed by atoms with Crippen LogP contribution in [0.1, 0.15) is 49.0 Å². The van der Waals surface area contributed by atoms with E-state index in [4.69, 9.17) is 16.3 Å². The molecule has 0 bridgehead atoms. The Balaban J connectivity index is 1.73. The van der Waals surface area contributed by atoms with Gasteiger partial charge >= 0.3 is 0 Å². The van der Waals surface area contributed by atoms with Crippen molar-refractivity contribution in [1.82, 2.24) is 34.7 Å². The number of sulfone groups is 1. The van der Waals surface area contributed by atoms with Crippen LogP contribution in [0.15, 0.2) is 41.5 Å². The number of nitrogens with zero attached hydrogens (tertiary/aromatic N) is 7. The fourth-order valence-corrected chi connectivity index (χ4v) is 5.87. The monoisotopic (exact) mass is 533 g/mol. The number of methoxy groups -OCH3 is 1. The van der Waals surface area contributed by atoms with Crippen molar-refractivity contribution in [2.75, 3.05) is 7.11 Å². The number of thiazole rings is 1. The Morgan fingerprint density at radius 1 is 1.14 bits per heavy atom. The third-order valence-corrected chi connectivity index (χ3v) is 8.46. The van der Waals surface area contributed by atoms with Gasteiger partial charge < -0.3 is 4.74 Å². The fourth-order valence-electron chi connectivity index (χ4n) is 3.71. The third-order valence-electron chi connectivity index (χ3n) is 5.62. The highest BCUT2D eigenvalue weighted by Gasteiger charge is 2.35. The summed E-state index contributed by atoms with van der Waals surface area (Å²) in [6.07, 6.45) is 1.92. The predicted molar refractivity (Wildman–Crippen MR) is 133 cm³/mol. The number of pyridine rings is 1. The maximum Gasteiger partial charge on any atom is 0.183 e. The summed E-state index contributed by atoms with van der Waals surface area (Å²) < 4.78 is 34.3. The molecule has 13 heteroatoms. The zero-order valence-corrected chi connectivity index (χ0v) is 21.9. The van der Waals surface area contributed by atoms with Gasteiger partial charge in [0.1, 0.15) is 23.4 Å². The van der Waals surface area contributed by atoms with Gasteiger partial charge in [-0.05, 0) is 32.9 Å². The van der Waals surface area contributed by atoms with Crippen molar-refractivity contribution >= 4 is 32.8 Å². The molecule has 35 heavy (non-hydrogen) atoms. The van der Waals surface area contributed by atoms with Crippen molar-refractivity contribution in [2.45, 2.75) is 43.9 Å². The molecule has 0 unspecified atom stereocenters. The van der Waals surface area contributed by atoms with Crippen LogP contribution in [-0.4, -0.2) is 55.5 Å². The van der Waals surface area contributed by atoms with Gasteiger partial charge in [-0.3, -0.25) is 4.57 Å². The maximum atomic E-state index is 13.5. The molecule has 0 aliphatic heterocycles. The molecule has 4 heterocycles. The number of hydrogen-bond acceptors (Lipinski definition) is 10. The molecular weight excluding hydrogens is 510 g/mol. The van der Waals surface area contributed by atoms with Gasteiger partial charge in [0.15, 0.2) is 21.5 Å². The van der Waals surface area contributed by atoms with E-state index in [9.17, 15) is 8.42 Å². The van der Waals surface area contributed by atoms with E-state index in [1.54, 1.807) is 17.0 Å². The summed E-state index contributed by atoms with van der Waals surface area (Å²) in [5.74, 6) is 0.614. The Kier molecular flexibility index (Phi) is 7.55. The van der Waals surface area contributed by atoms with Crippen LogP contribution in [0.2, 0.25) is 5.02 Å². The van der Waals surface area contributed by atoms with E-state index in [1.807, 2.05) is 37.4 Å². The van der Waals surface area contributed by atoms with Crippen LogP contribution < -0.4 is 0 Å². The number of halogens is 1. The quantitative estimate of drug-likeness (QED) is 0.315. The highest BCUT2D eigenvalue weighted by atomic mass is 35.5. The first kappa shape index (κ1) is 25.3. The molecule has 184 valence electrons. The predicted octanol–water partition coefficient (Wildman–Crippen LogP) is 3.85. The summed E-state index contributed by atoms with van der Waals surface area (Å²) >= 11 is 7.34. The lowest BCUT2D eigenvalue weighted by Gasteiger charge is -2.22. The molecule has 0 amide bonds. The van der Waals surface area contributed by atoms with Gasteiger partial charge in [-0.2, -0.15) is 0 Å². The topological polar surface area (TPSA) is 126 Å². The Labute approximate surface area is 212 Å². The lowest BCUT2D eigenvalue weighted by Crippen LogP contribution is -2.30. The minimum atomic E-state index is -3.78. The standard InChI is InChI=1S/C22H24ClN7O3S2/c1-13-6-5-7-17(27-13)22-29-28-19(30(22)14(2)18-10-34-12-26-18)11-35(31,32)15(3)20(33-4)21-24-8-16(23)9-25-21/h5-10,12,14-15,20H,11H2,1-4H3/t14-,15-,20-/m0/s1. The highest BCUT2D eigenvalue weighted by molar-refractivity contribution is 7.91. The molecule has 0 saturated heterocycles. The van der Waals surface area contributed by atoms with E-state index in [1.165, 1.54) is 30.8 Å². The Bertz CT molecular complexity index is 1390. The molecule has 0 N–H and O–H groups in total. The van der Waals surface area contributed by atoms with Crippen LogP contribution in [-0.2, 0) is 20.3 Å². The molecule has 0 radical (unpaired) electrons. The van der Waals surface area contributed by atoms with Crippen molar-refractivity contribution in [3.8, 4) is 11.5 Å². The lowest BCUT2D eigenvalue weighted by molar-refractivity contribution is 0.0948. The molecule has 0 fully saturated rings. The Hall–Kier alpha value is -2.80. The van der Waals surface area contributed by atoms with Crippen LogP contribution >= 0.6 is 22.9 Å². The van der Waals surface area contributed by atoms with E-state index < -0.39 is 21.2 Å². The van der Waals surface area contributed by atoms with Crippen molar-refractivity contribution in [3.05, 3.63) is 69.5 Å². The van der Waals surface area contributed by atoms with Crippen LogP contribution in [0.3, 0.4) is 0 Å². The normalized spacial score (nSPS) is 14.5. The van der Waals surface area contributed by atoms with Gasteiger partial charge in [-0.15, -0.1) is 21.5 Å². The number of ether oxygens (including phenoxy) is 1. The van der Waals surface area contributed by atoms with E-state index in [-0.39, 0.29) is 23.4 Å². The zero-order chi connectivity index (χ0) is 25.2. The average Bonchev–Trinajstić information content (AvgIpc) is 3.50. The second-order valence-corrected chi connectivity index (χ2v) is 11.5. The van der Waals surface area contributed by atoms with Gasteiger partial charge in [-0.25, -0.2) is 28.4 Å². The zero-order valence-electron chi connectivity index (χ0n) is 19.5. The number of hydrogen-bond donors (Lipinski definition) is 0. The van der Waals surface area contributed by atoms with Crippen molar-refractivity contribution in [3.63, 3.8) is 0 Å². The van der Waals surface area contributed by atoms with Crippen molar-refractivity contribution in [2.24, 2.45) is 0 Å². The van der Waals surface area contributed by atoms with E-state index >= 15 is 0 Å². The lowest BCUT2D eigenvalue weighted by atomic mass is 10.2. The summed E-state index contributed by atoms with van der Waals surface area (Å²) in [6.45, 7) is 5.37. The van der Waals surface area contributed by atoms with Gasteiger partial charge in [0.2, 0.25) is 0 Å². The fraction of sp³-hybridized carbons (Fsp3) is 0.364. The summed E-state index contributed by atoms with van der Waals surface area (Å²) in [6, 6.07) is 5.26. The third kappa shape index (κ3) is 5.40. The van der Waals surface area contributed by atoms with E-state index in [0.717, 1.165) is 11.4 Å². The molecule has 4 aromatic heterocycles. The molecule has 0 saturated carbocycles. The number of aromatic nitrogens is 7. The van der Waals surface area contributed by atoms with Crippen LogP contribution in [0.4, 0.5) is 0 Å². The highest BCUT2D eigenvalue weighted by Crippen LogP contribution is 2.30. The molecule has 0 spiro atoms. The molecule has 3 atom stereocenters. The van der Waals surface area contributed by atoms with Gasteiger partial charge in [0.25, 0.3) is 0 Å². The Morgan fingerprint density at radius 3 is 2.51 bits per heavy atom. The first-order chi connectivity index (χ1) is 16.7. The maximum absolute atomic E-state index is 13.5. The van der Waals surface area contributed by atoms with Gasteiger partial charge in [0, 0.05) is 30.6 Å². The second kappa shape index (κ2) is 10.4. The molecule has 4 aromatic rings. The second-order valence-electron chi connectivity index (χ2n) is 7.99. The first-order valence-electron chi connectivity index (χ1n) is 10.7. The smallest absolute Gasteiger partial charge is 0.183 e. The van der Waals surface area contributed by atoms with Crippen molar-refractivity contribution < 1.29 is 13.2 Å². The Morgan fingerprint density at radius 2 is 1.89 bits per heavy atom. The van der Waals surface area contributed by atoms with E-state index in [0.29, 0.717) is 16.5 Å². The molecule has 0 aromatic carbocycles. The van der Waals surface area contributed by atoms with Crippen LogP contribution in [0, 0.1) is 6.92 Å². The summed E-state index contributed by atoms with van der Waals surface area (Å²) in [7, 11) is -2.36. The largest absolute Gasteiger partial charge is 0.372 e. The van der Waals surface area contributed by atoms with Gasteiger partial charge in [0.05, 0.1) is 27.5 Å².